The van der Waals surface area contributed by atoms with Crippen LogP contribution in [0.15, 0.2) is 65.6 Å². The molecule has 0 unspecified atom stereocenters. The Labute approximate surface area is 156 Å². The van der Waals surface area contributed by atoms with Crippen molar-refractivity contribution in [2.45, 2.75) is 17.9 Å². The maximum absolute atomic E-state index is 13.8. The number of ether oxygens (including phenoxy) is 1. The highest BCUT2D eigenvalue weighted by Crippen LogP contribution is 2.24. The van der Waals surface area contributed by atoms with Crippen LogP contribution < -0.4 is 10.1 Å². The lowest BCUT2D eigenvalue weighted by Crippen LogP contribution is -2.28. The van der Waals surface area contributed by atoms with Gasteiger partial charge < -0.3 is 10.1 Å². The minimum absolute atomic E-state index is 0.0908. The molecule has 1 amide bonds. The summed E-state index contributed by atoms with van der Waals surface area (Å²) in [6.07, 6.45) is 0. The Bertz CT molecular complexity index is 929. The Morgan fingerprint density at radius 1 is 1.12 bits per heavy atom. The number of rotatable bonds is 6. The number of thioether (sulfide) groups is 1. The molecule has 3 aromatic carbocycles. The lowest BCUT2D eigenvalue weighted by molar-refractivity contribution is -0.119. The van der Waals surface area contributed by atoms with Gasteiger partial charge >= 0.3 is 0 Å². The van der Waals surface area contributed by atoms with E-state index in [-0.39, 0.29) is 17.7 Å². The SMILES string of the molecule is COc1ccc([C@H](C)NC(=O)CSc2ccc3ccccc3c2)cc1F. The maximum Gasteiger partial charge on any atom is 0.230 e. The summed E-state index contributed by atoms with van der Waals surface area (Å²) in [5, 5.41) is 5.23. The molecule has 0 bridgehead atoms. The maximum atomic E-state index is 13.8. The molecule has 0 heterocycles. The van der Waals surface area contributed by atoms with Crippen molar-refractivity contribution in [3.63, 3.8) is 0 Å². The molecule has 134 valence electrons. The second-order valence-electron chi connectivity index (χ2n) is 5.98. The number of hydrogen-bond donors (Lipinski definition) is 1. The molecule has 0 saturated heterocycles. The Hall–Kier alpha value is -2.53. The van der Waals surface area contributed by atoms with E-state index >= 15 is 0 Å². The summed E-state index contributed by atoms with van der Waals surface area (Å²) in [6, 6.07) is 18.7. The van der Waals surface area contributed by atoms with E-state index in [2.05, 4.69) is 29.6 Å². The molecule has 26 heavy (non-hydrogen) atoms. The van der Waals surface area contributed by atoms with Gasteiger partial charge in [0, 0.05) is 4.90 Å². The average Bonchev–Trinajstić information content (AvgIpc) is 2.66. The number of fused-ring (bicyclic) bond motifs is 1. The second-order valence-corrected chi connectivity index (χ2v) is 7.03. The van der Waals surface area contributed by atoms with Gasteiger partial charge in [0.1, 0.15) is 0 Å². The zero-order chi connectivity index (χ0) is 18.5. The Balaban J connectivity index is 1.58. The summed E-state index contributed by atoms with van der Waals surface area (Å²) in [7, 11) is 1.42. The van der Waals surface area contributed by atoms with Gasteiger partial charge in [-0.1, -0.05) is 36.4 Å². The second kappa shape index (κ2) is 8.23. The fraction of sp³-hybridized carbons (Fsp3) is 0.190. The molecule has 5 heteroatoms. The molecular formula is C21H20FNO2S. The number of carbonyl (C=O) groups excluding carboxylic acids is 1. The zero-order valence-corrected chi connectivity index (χ0v) is 15.5. The summed E-state index contributed by atoms with van der Waals surface area (Å²) in [5.41, 5.74) is 0.701. The van der Waals surface area contributed by atoms with Gasteiger partial charge in [-0.15, -0.1) is 11.8 Å². The predicted octanol–water partition coefficient (Wildman–Crippen LogP) is 4.96. The summed E-state index contributed by atoms with van der Waals surface area (Å²) in [6.45, 7) is 1.83. The van der Waals surface area contributed by atoms with Crippen molar-refractivity contribution in [3.05, 3.63) is 72.0 Å². The van der Waals surface area contributed by atoms with Gasteiger partial charge in [0.15, 0.2) is 11.6 Å². The van der Waals surface area contributed by atoms with E-state index in [0.29, 0.717) is 11.3 Å². The van der Waals surface area contributed by atoms with Crippen molar-refractivity contribution in [2.75, 3.05) is 12.9 Å². The van der Waals surface area contributed by atoms with Crippen molar-refractivity contribution in [3.8, 4) is 5.75 Å². The molecule has 0 saturated carbocycles. The summed E-state index contributed by atoms with van der Waals surface area (Å²) in [5.74, 6) is -0.0240. The summed E-state index contributed by atoms with van der Waals surface area (Å²) >= 11 is 1.48. The van der Waals surface area contributed by atoms with Gasteiger partial charge in [-0.3, -0.25) is 4.79 Å². The van der Waals surface area contributed by atoms with Crippen LogP contribution in [0.25, 0.3) is 10.8 Å². The fourth-order valence-electron chi connectivity index (χ4n) is 2.72. The standard InChI is InChI=1S/C21H20FNO2S/c1-14(16-8-10-20(25-2)19(22)12-16)23-21(24)13-26-18-9-7-15-5-3-4-6-17(15)11-18/h3-12,14H,13H2,1-2H3,(H,23,24)/t14-/m0/s1. The van der Waals surface area contributed by atoms with E-state index < -0.39 is 5.82 Å². The van der Waals surface area contributed by atoms with Gasteiger partial charge in [0.2, 0.25) is 5.91 Å². The highest BCUT2D eigenvalue weighted by atomic mass is 32.2. The van der Waals surface area contributed by atoms with Crippen molar-refractivity contribution in [1.29, 1.82) is 0 Å². The number of amides is 1. The first-order chi connectivity index (χ1) is 12.6. The molecule has 3 aromatic rings. The highest BCUT2D eigenvalue weighted by Gasteiger charge is 2.12. The van der Waals surface area contributed by atoms with Crippen LogP contribution in [-0.4, -0.2) is 18.8 Å². The molecule has 0 spiro atoms. The number of carbonyl (C=O) groups is 1. The average molecular weight is 369 g/mol. The first-order valence-electron chi connectivity index (χ1n) is 8.31. The monoisotopic (exact) mass is 369 g/mol. The van der Waals surface area contributed by atoms with E-state index in [1.807, 2.05) is 25.1 Å². The molecule has 0 fully saturated rings. The van der Waals surface area contributed by atoms with Crippen LogP contribution in [0.3, 0.4) is 0 Å². The van der Waals surface area contributed by atoms with Crippen LogP contribution in [0.1, 0.15) is 18.5 Å². The molecule has 3 nitrogen and oxygen atoms in total. The van der Waals surface area contributed by atoms with Crippen LogP contribution in [0.4, 0.5) is 4.39 Å². The van der Waals surface area contributed by atoms with Crippen LogP contribution in [0, 0.1) is 5.82 Å². The third kappa shape index (κ3) is 4.35. The molecule has 0 aliphatic heterocycles. The molecule has 0 aromatic heterocycles. The van der Waals surface area contributed by atoms with E-state index in [1.54, 1.807) is 12.1 Å². The largest absolute Gasteiger partial charge is 0.494 e. The third-order valence-corrected chi connectivity index (χ3v) is 5.14. The summed E-state index contributed by atoms with van der Waals surface area (Å²) < 4.78 is 18.7. The van der Waals surface area contributed by atoms with Crippen LogP contribution in [0.2, 0.25) is 0 Å². The Morgan fingerprint density at radius 3 is 2.62 bits per heavy atom. The first-order valence-corrected chi connectivity index (χ1v) is 9.30. The topological polar surface area (TPSA) is 38.3 Å². The third-order valence-electron chi connectivity index (χ3n) is 4.14. The summed E-state index contributed by atoms with van der Waals surface area (Å²) in [4.78, 5) is 13.3. The minimum Gasteiger partial charge on any atom is -0.494 e. The molecule has 1 N–H and O–H groups in total. The first kappa shape index (κ1) is 18.3. The fourth-order valence-corrected chi connectivity index (χ4v) is 3.48. The normalized spacial score (nSPS) is 12.0. The molecule has 3 rings (SSSR count). The van der Waals surface area contributed by atoms with Gasteiger partial charge in [0.25, 0.3) is 0 Å². The Morgan fingerprint density at radius 2 is 1.88 bits per heavy atom. The smallest absolute Gasteiger partial charge is 0.230 e. The molecule has 0 aliphatic rings. The van der Waals surface area contributed by atoms with Gasteiger partial charge in [-0.2, -0.15) is 0 Å². The van der Waals surface area contributed by atoms with E-state index in [0.717, 1.165) is 10.3 Å². The van der Waals surface area contributed by atoms with Gasteiger partial charge in [-0.25, -0.2) is 4.39 Å². The van der Waals surface area contributed by atoms with Crippen molar-refractivity contribution < 1.29 is 13.9 Å². The highest BCUT2D eigenvalue weighted by molar-refractivity contribution is 8.00. The number of nitrogens with one attached hydrogen (secondary N) is 1. The zero-order valence-electron chi connectivity index (χ0n) is 14.7. The van der Waals surface area contributed by atoms with E-state index in [9.17, 15) is 9.18 Å². The lowest BCUT2D eigenvalue weighted by Gasteiger charge is -2.15. The van der Waals surface area contributed by atoms with E-state index in [4.69, 9.17) is 4.74 Å². The minimum atomic E-state index is -0.434. The van der Waals surface area contributed by atoms with Crippen molar-refractivity contribution >= 4 is 28.4 Å². The number of benzene rings is 3. The van der Waals surface area contributed by atoms with Crippen molar-refractivity contribution in [1.82, 2.24) is 5.32 Å². The molecular weight excluding hydrogens is 349 g/mol. The van der Waals surface area contributed by atoms with E-state index in [1.165, 1.54) is 30.3 Å². The van der Waals surface area contributed by atoms with Crippen LogP contribution >= 0.6 is 11.8 Å². The van der Waals surface area contributed by atoms with Crippen LogP contribution in [0.5, 0.6) is 5.75 Å². The van der Waals surface area contributed by atoms with Crippen LogP contribution in [-0.2, 0) is 4.79 Å². The molecule has 0 aliphatic carbocycles. The predicted molar refractivity (Wildman–Crippen MR) is 104 cm³/mol. The molecule has 1 atom stereocenters. The number of hydrogen-bond acceptors (Lipinski definition) is 3. The number of methoxy groups -OCH3 is 1. The quantitative estimate of drug-likeness (QED) is 0.624. The lowest BCUT2D eigenvalue weighted by atomic mass is 10.1. The van der Waals surface area contributed by atoms with Gasteiger partial charge in [-0.05, 0) is 47.5 Å². The van der Waals surface area contributed by atoms with Gasteiger partial charge in [0.05, 0.1) is 18.9 Å². The number of halogens is 1. The Kier molecular flexibility index (Phi) is 5.78. The van der Waals surface area contributed by atoms with Crippen molar-refractivity contribution in [2.24, 2.45) is 0 Å². The molecule has 0 radical (unpaired) electrons.